The number of rotatable bonds is 4. The fourth-order valence-corrected chi connectivity index (χ4v) is 9.04. The van der Waals surface area contributed by atoms with Crippen LogP contribution in [0.5, 0.6) is 0 Å². The van der Waals surface area contributed by atoms with Gasteiger partial charge in [0, 0.05) is 38.3 Å². The highest BCUT2D eigenvalue weighted by atomic mass is 15.0. The average Bonchev–Trinajstić information content (AvgIpc) is 3.66. The van der Waals surface area contributed by atoms with Crippen molar-refractivity contribution < 1.29 is 0 Å². The smallest absolute Gasteiger partial charge is 0.100 e. The summed E-state index contributed by atoms with van der Waals surface area (Å²) >= 11 is 0. The summed E-state index contributed by atoms with van der Waals surface area (Å²) in [6, 6.07) is 50.2. The van der Waals surface area contributed by atoms with Crippen LogP contribution in [0.3, 0.4) is 0 Å². The molecule has 1 aromatic heterocycles. The topological polar surface area (TPSA) is 41.1 Å². The summed E-state index contributed by atoms with van der Waals surface area (Å²) < 4.78 is 2.25. The molecule has 0 saturated carbocycles. The number of benzene rings is 7. The number of fused-ring (bicyclic) bond motifs is 9. The van der Waals surface area contributed by atoms with Crippen molar-refractivity contribution in [3.63, 3.8) is 0 Å². The second-order valence-corrected chi connectivity index (χ2v) is 15.2. The Kier molecular flexibility index (Phi) is 6.13. The van der Waals surface area contributed by atoms with E-state index in [1.54, 1.807) is 0 Å². The van der Waals surface area contributed by atoms with Crippen LogP contribution in [0.15, 0.2) is 150 Å². The minimum atomic E-state index is -0.413. The second kappa shape index (κ2) is 10.5. The van der Waals surface area contributed by atoms with Gasteiger partial charge in [-0.05, 0) is 79.7 Å². The Bertz CT molecular complexity index is 2780. The fraction of sp³-hybridized carbons (Fsp3) is 0.125. The van der Waals surface area contributed by atoms with Gasteiger partial charge in [0.15, 0.2) is 0 Å². The number of aromatic nitrogens is 1. The number of nitrogens with one attached hydrogen (secondary N) is 1. The van der Waals surface area contributed by atoms with Crippen LogP contribution in [0.25, 0.3) is 60.2 Å². The predicted molar refractivity (Wildman–Crippen MR) is 216 cm³/mol. The van der Waals surface area contributed by atoms with E-state index in [1.165, 1.54) is 60.1 Å². The molecule has 0 aliphatic heterocycles. The lowest BCUT2D eigenvalue weighted by Gasteiger charge is -2.25. The molecule has 51 heavy (non-hydrogen) atoms. The van der Waals surface area contributed by atoms with Crippen LogP contribution in [-0.2, 0) is 10.8 Å². The molecule has 244 valence electrons. The summed E-state index contributed by atoms with van der Waals surface area (Å²) in [5, 5.41) is 17.1. The van der Waals surface area contributed by atoms with Gasteiger partial charge < -0.3 is 0 Å². The van der Waals surface area contributed by atoms with Crippen LogP contribution >= 0.6 is 0 Å². The molecule has 0 unspecified atom stereocenters. The molecule has 1 N–H and O–H groups in total. The van der Waals surface area contributed by atoms with Crippen molar-refractivity contribution in [3.05, 3.63) is 173 Å². The standard InChI is InChI=1S/C48H37N3/c1-47(2)39-19-11-9-17-34(39)36-25-33(21-22-41(36)47)45(49)44-46(35-18-10-12-20-40(35)48(44,3)4)50-28-51-42-26-31-15-7-5-13-29(31)23-37(42)38-24-30-14-6-8-16-32(30)27-43(38)51/h5-28,49H,1-4H3. The van der Waals surface area contributed by atoms with Crippen molar-refractivity contribution in [2.24, 2.45) is 4.99 Å². The van der Waals surface area contributed by atoms with E-state index in [9.17, 15) is 5.41 Å². The Morgan fingerprint density at radius 3 is 1.63 bits per heavy atom. The van der Waals surface area contributed by atoms with Gasteiger partial charge in [-0.2, -0.15) is 0 Å². The Balaban J connectivity index is 1.19. The fourth-order valence-electron chi connectivity index (χ4n) is 9.04. The van der Waals surface area contributed by atoms with E-state index in [1.807, 2.05) is 6.34 Å². The van der Waals surface area contributed by atoms with Crippen LogP contribution in [0, 0.1) is 5.41 Å². The summed E-state index contributed by atoms with van der Waals surface area (Å²) in [6.07, 6.45) is 2.00. The molecule has 2 aliphatic carbocycles. The minimum Gasteiger partial charge on any atom is -0.300 e. The third kappa shape index (κ3) is 4.18. The van der Waals surface area contributed by atoms with Crippen LogP contribution in [0.4, 0.5) is 0 Å². The van der Waals surface area contributed by atoms with E-state index >= 15 is 0 Å². The van der Waals surface area contributed by atoms with Crippen LogP contribution < -0.4 is 0 Å². The third-order valence-electron chi connectivity index (χ3n) is 11.7. The molecule has 3 nitrogen and oxygen atoms in total. The van der Waals surface area contributed by atoms with Gasteiger partial charge >= 0.3 is 0 Å². The Morgan fingerprint density at radius 1 is 0.529 bits per heavy atom. The zero-order valence-electron chi connectivity index (χ0n) is 29.3. The molecule has 10 rings (SSSR count). The van der Waals surface area contributed by atoms with Gasteiger partial charge in [0.2, 0.25) is 0 Å². The highest BCUT2D eigenvalue weighted by Crippen LogP contribution is 2.51. The number of allylic oxidation sites excluding steroid dienone is 1. The average molecular weight is 656 g/mol. The molecule has 0 radical (unpaired) electrons. The SMILES string of the molecule is CC1(C)C(C(=N)c2ccc3c(c2)-c2ccccc2C3(C)C)=C(N=Cn2c3cc4ccccc4cc3c3cc4ccccc4cc32)c2ccccc21. The van der Waals surface area contributed by atoms with Crippen molar-refractivity contribution in [1.82, 2.24) is 4.57 Å². The first-order chi connectivity index (χ1) is 24.7. The first-order valence-corrected chi connectivity index (χ1v) is 17.8. The van der Waals surface area contributed by atoms with Crippen molar-refractivity contribution in [1.29, 1.82) is 5.41 Å². The highest BCUT2D eigenvalue weighted by Gasteiger charge is 2.41. The van der Waals surface area contributed by atoms with E-state index < -0.39 is 5.41 Å². The molecule has 2 aliphatic rings. The van der Waals surface area contributed by atoms with Crippen LogP contribution in [0.2, 0.25) is 0 Å². The maximum Gasteiger partial charge on any atom is 0.100 e. The molecule has 0 saturated heterocycles. The predicted octanol–water partition coefficient (Wildman–Crippen LogP) is 12.1. The van der Waals surface area contributed by atoms with E-state index in [0.717, 1.165) is 33.4 Å². The molecule has 0 atom stereocenters. The zero-order chi connectivity index (χ0) is 34.6. The number of nitrogens with zero attached hydrogens (tertiary/aromatic N) is 2. The van der Waals surface area contributed by atoms with E-state index in [-0.39, 0.29) is 5.41 Å². The van der Waals surface area contributed by atoms with Gasteiger partial charge in [-0.3, -0.25) is 9.98 Å². The van der Waals surface area contributed by atoms with Gasteiger partial charge in [0.25, 0.3) is 0 Å². The van der Waals surface area contributed by atoms with Gasteiger partial charge in [-0.15, -0.1) is 0 Å². The first-order valence-electron chi connectivity index (χ1n) is 17.8. The van der Waals surface area contributed by atoms with E-state index in [4.69, 9.17) is 4.99 Å². The molecule has 0 fully saturated rings. The summed E-state index contributed by atoms with van der Waals surface area (Å²) in [5.74, 6) is 0. The normalized spacial score (nSPS) is 15.7. The lowest BCUT2D eigenvalue weighted by molar-refractivity contribution is 0.659. The molecule has 0 spiro atoms. The Labute approximate surface area is 297 Å². The zero-order valence-corrected chi connectivity index (χ0v) is 29.3. The summed E-state index contributed by atoms with van der Waals surface area (Å²) in [7, 11) is 0. The quantitative estimate of drug-likeness (QED) is 0.145. The van der Waals surface area contributed by atoms with Crippen molar-refractivity contribution in [2.75, 3.05) is 0 Å². The highest BCUT2D eigenvalue weighted by molar-refractivity contribution is 6.20. The van der Waals surface area contributed by atoms with Gasteiger partial charge in [-0.25, -0.2) is 4.99 Å². The molecular formula is C48H37N3. The monoisotopic (exact) mass is 655 g/mol. The molecule has 1 heterocycles. The molecule has 3 heteroatoms. The van der Waals surface area contributed by atoms with Crippen LogP contribution in [0.1, 0.15) is 55.5 Å². The first kappa shape index (κ1) is 29.8. The summed E-state index contributed by atoms with van der Waals surface area (Å²) in [6.45, 7) is 9.08. The van der Waals surface area contributed by atoms with Gasteiger partial charge in [0.1, 0.15) is 6.34 Å². The second-order valence-electron chi connectivity index (χ2n) is 15.2. The van der Waals surface area contributed by atoms with Crippen molar-refractivity contribution in [3.8, 4) is 11.1 Å². The maximum atomic E-state index is 9.89. The molecule has 7 aromatic carbocycles. The molecule has 0 amide bonds. The summed E-state index contributed by atoms with van der Waals surface area (Å²) in [4.78, 5) is 5.40. The van der Waals surface area contributed by atoms with E-state index in [2.05, 4.69) is 172 Å². The minimum absolute atomic E-state index is 0.0802. The maximum absolute atomic E-state index is 9.89. The molecule has 8 aromatic rings. The number of hydrogen-bond donors (Lipinski definition) is 1. The number of hydrogen-bond acceptors (Lipinski definition) is 2. The lowest BCUT2D eigenvalue weighted by Crippen LogP contribution is -2.23. The third-order valence-corrected chi connectivity index (χ3v) is 11.7. The van der Waals surface area contributed by atoms with Crippen LogP contribution in [-0.4, -0.2) is 16.6 Å². The molecule has 0 bridgehead atoms. The lowest BCUT2D eigenvalue weighted by atomic mass is 9.77. The van der Waals surface area contributed by atoms with Gasteiger partial charge in [-0.1, -0.05) is 137 Å². The van der Waals surface area contributed by atoms with E-state index in [0.29, 0.717) is 5.71 Å². The largest absolute Gasteiger partial charge is 0.300 e. The summed E-state index contributed by atoms with van der Waals surface area (Å²) in [5.41, 5.74) is 12.4. The van der Waals surface area contributed by atoms with Gasteiger partial charge in [0.05, 0.1) is 22.4 Å². The number of aliphatic imine (C=N–C) groups is 1. The molecular weight excluding hydrogens is 619 g/mol. The van der Waals surface area contributed by atoms with Crippen molar-refractivity contribution in [2.45, 2.75) is 38.5 Å². The van der Waals surface area contributed by atoms with Crippen molar-refractivity contribution >= 4 is 61.1 Å². The Hall–Kier alpha value is -6.06. The Morgan fingerprint density at radius 2 is 1.02 bits per heavy atom.